The van der Waals surface area contributed by atoms with Crippen molar-refractivity contribution in [3.63, 3.8) is 0 Å². The highest BCUT2D eigenvalue weighted by Gasteiger charge is 2.13. The predicted molar refractivity (Wildman–Crippen MR) is 79.8 cm³/mol. The molecule has 104 valence electrons. The number of phenolic OH excluding ortho intramolecular Hbond substituents is 1. The fourth-order valence-electron chi connectivity index (χ4n) is 2.08. The van der Waals surface area contributed by atoms with E-state index in [1.165, 1.54) is 11.6 Å². The molecule has 3 nitrogen and oxygen atoms in total. The molecule has 0 aliphatic carbocycles. The summed E-state index contributed by atoms with van der Waals surface area (Å²) in [5.41, 5.74) is 3.56. The van der Waals surface area contributed by atoms with Gasteiger partial charge in [-0.05, 0) is 42.7 Å². The smallest absolute Gasteiger partial charge is 0.254 e. The van der Waals surface area contributed by atoms with Gasteiger partial charge in [-0.2, -0.15) is 0 Å². The van der Waals surface area contributed by atoms with Gasteiger partial charge < -0.3 is 10.0 Å². The minimum Gasteiger partial charge on any atom is -0.508 e. The Labute approximate surface area is 119 Å². The van der Waals surface area contributed by atoms with Crippen molar-refractivity contribution in [3.05, 3.63) is 64.7 Å². The molecule has 0 fully saturated rings. The SMILES string of the molecule is Cc1ccc(C(=O)N(C)Cc2ccccc2C)cc1O. The summed E-state index contributed by atoms with van der Waals surface area (Å²) in [6, 6.07) is 13.0. The van der Waals surface area contributed by atoms with Crippen LogP contribution in [0.15, 0.2) is 42.5 Å². The lowest BCUT2D eigenvalue weighted by Gasteiger charge is -2.19. The Hall–Kier alpha value is -2.29. The Bertz CT molecular complexity index is 635. The van der Waals surface area contributed by atoms with E-state index >= 15 is 0 Å². The van der Waals surface area contributed by atoms with Crippen molar-refractivity contribution in [3.8, 4) is 5.75 Å². The summed E-state index contributed by atoms with van der Waals surface area (Å²) < 4.78 is 0. The first kappa shape index (κ1) is 14.1. The van der Waals surface area contributed by atoms with E-state index in [1.807, 2.05) is 31.2 Å². The first-order valence-corrected chi connectivity index (χ1v) is 6.58. The Morgan fingerprint density at radius 2 is 1.80 bits per heavy atom. The van der Waals surface area contributed by atoms with E-state index in [-0.39, 0.29) is 11.7 Å². The molecule has 2 aromatic rings. The third-order valence-corrected chi connectivity index (χ3v) is 3.47. The fraction of sp³-hybridized carbons (Fsp3) is 0.235. The molecular weight excluding hydrogens is 250 g/mol. The molecule has 0 radical (unpaired) electrons. The highest BCUT2D eigenvalue weighted by Crippen LogP contribution is 2.19. The lowest BCUT2D eigenvalue weighted by molar-refractivity contribution is 0.0784. The van der Waals surface area contributed by atoms with Crippen LogP contribution in [0.3, 0.4) is 0 Å². The molecule has 2 aromatic carbocycles. The van der Waals surface area contributed by atoms with E-state index in [9.17, 15) is 9.90 Å². The molecule has 0 saturated heterocycles. The van der Waals surface area contributed by atoms with Crippen molar-refractivity contribution < 1.29 is 9.90 Å². The molecule has 3 heteroatoms. The van der Waals surface area contributed by atoms with Crippen LogP contribution in [0.25, 0.3) is 0 Å². The van der Waals surface area contributed by atoms with E-state index in [4.69, 9.17) is 0 Å². The van der Waals surface area contributed by atoms with Gasteiger partial charge in [0.1, 0.15) is 5.75 Å². The number of amides is 1. The zero-order valence-corrected chi connectivity index (χ0v) is 12.1. The highest BCUT2D eigenvalue weighted by molar-refractivity contribution is 5.94. The number of hydrogen-bond donors (Lipinski definition) is 1. The Balaban J connectivity index is 2.16. The average Bonchev–Trinajstić information content (AvgIpc) is 2.43. The quantitative estimate of drug-likeness (QED) is 0.929. The topological polar surface area (TPSA) is 40.5 Å². The standard InChI is InChI=1S/C17H19NO2/c1-12-6-4-5-7-15(12)11-18(3)17(20)14-9-8-13(2)16(19)10-14/h4-10,19H,11H2,1-3H3. The van der Waals surface area contributed by atoms with Crippen molar-refractivity contribution in [2.24, 2.45) is 0 Å². The fourth-order valence-corrected chi connectivity index (χ4v) is 2.08. The number of phenols is 1. The van der Waals surface area contributed by atoms with Crippen LogP contribution in [0.1, 0.15) is 27.0 Å². The second kappa shape index (κ2) is 5.78. The minimum absolute atomic E-state index is 0.0939. The normalized spacial score (nSPS) is 10.3. The van der Waals surface area contributed by atoms with Gasteiger partial charge in [0.2, 0.25) is 0 Å². The maximum absolute atomic E-state index is 12.3. The number of benzene rings is 2. The molecular formula is C17H19NO2. The number of hydrogen-bond acceptors (Lipinski definition) is 2. The molecule has 1 N–H and O–H groups in total. The first-order valence-electron chi connectivity index (χ1n) is 6.58. The lowest BCUT2D eigenvalue weighted by Crippen LogP contribution is -2.26. The maximum atomic E-state index is 12.3. The van der Waals surface area contributed by atoms with Gasteiger partial charge in [0.25, 0.3) is 5.91 Å². The zero-order valence-electron chi connectivity index (χ0n) is 12.1. The number of aromatic hydroxyl groups is 1. The molecule has 0 bridgehead atoms. The molecule has 20 heavy (non-hydrogen) atoms. The average molecular weight is 269 g/mol. The number of nitrogens with zero attached hydrogens (tertiary/aromatic N) is 1. The molecule has 0 aliphatic rings. The van der Waals surface area contributed by atoms with Crippen molar-refractivity contribution in [2.45, 2.75) is 20.4 Å². The van der Waals surface area contributed by atoms with Gasteiger partial charge in [-0.3, -0.25) is 4.79 Å². The van der Waals surface area contributed by atoms with Crippen LogP contribution in [0.4, 0.5) is 0 Å². The van der Waals surface area contributed by atoms with Crippen LogP contribution >= 0.6 is 0 Å². The second-order valence-corrected chi connectivity index (χ2v) is 5.09. The summed E-state index contributed by atoms with van der Waals surface area (Å²) in [5.74, 6) is 0.0590. The summed E-state index contributed by atoms with van der Waals surface area (Å²) in [6.07, 6.45) is 0. The molecule has 0 aromatic heterocycles. The Morgan fingerprint density at radius 3 is 2.45 bits per heavy atom. The van der Waals surface area contributed by atoms with Crippen molar-refractivity contribution in [1.29, 1.82) is 0 Å². The third kappa shape index (κ3) is 2.99. The van der Waals surface area contributed by atoms with Crippen molar-refractivity contribution in [2.75, 3.05) is 7.05 Å². The van der Waals surface area contributed by atoms with E-state index in [0.717, 1.165) is 11.1 Å². The van der Waals surface area contributed by atoms with Gasteiger partial charge in [0, 0.05) is 19.2 Å². The second-order valence-electron chi connectivity index (χ2n) is 5.09. The van der Waals surface area contributed by atoms with E-state index in [0.29, 0.717) is 12.1 Å². The van der Waals surface area contributed by atoms with Gasteiger partial charge in [-0.25, -0.2) is 0 Å². The van der Waals surface area contributed by atoms with E-state index in [2.05, 4.69) is 0 Å². The van der Waals surface area contributed by atoms with Gasteiger partial charge in [0.05, 0.1) is 0 Å². The summed E-state index contributed by atoms with van der Waals surface area (Å²) in [7, 11) is 1.77. The van der Waals surface area contributed by atoms with Crippen LogP contribution in [-0.4, -0.2) is 23.0 Å². The van der Waals surface area contributed by atoms with Gasteiger partial charge >= 0.3 is 0 Å². The Morgan fingerprint density at radius 1 is 1.10 bits per heavy atom. The third-order valence-electron chi connectivity index (χ3n) is 3.47. The molecule has 0 heterocycles. The van der Waals surface area contributed by atoms with Crippen LogP contribution in [0, 0.1) is 13.8 Å². The van der Waals surface area contributed by atoms with Crippen molar-refractivity contribution >= 4 is 5.91 Å². The highest BCUT2D eigenvalue weighted by atomic mass is 16.3. The molecule has 0 unspecified atom stereocenters. The molecule has 1 amide bonds. The van der Waals surface area contributed by atoms with E-state index < -0.39 is 0 Å². The first-order chi connectivity index (χ1) is 9.49. The molecule has 2 rings (SSSR count). The van der Waals surface area contributed by atoms with Gasteiger partial charge in [0.15, 0.2) is 0 Å². The number of rotatable bonds is 3. The predicted octanol–water partition coefficient (Wildman–Crippen LogP) is 3.28. The molecule has 0 aliphatic heterocycles. The zero-order chi connectivity index (χ0) is 14.7. The lowest BCUT2D eigenvalue weighted by atomic mass is 10.1. The molecule has 0 spiro atoms. The largest absolute Gasteiger partial charge is 0.508 e. The molecule has 0 atom stereocenters. The monoisotopic (exact) mass is 269 g/mol. The summed E-state index contributed by atoms with van der Waals surface area (Å²) in [5, 5.41) is 9.69. The number of carbonyl (C=O) groups is 1. The minimum atomic E-state index is -0.0939. The summed E-state index contributed by atoms with van der Waals surface area (Å²) in [4.78, 5) is 14.0. The maximum Gasteiger partial charge on any atom is 0.254 e. The van der Waals surface area contributed by atoms with Gasteiger partial charge in [-0.15, -0.1) is 0 Å². The van der Waals surface area contributed by atoms with Crippen LogP contribution in [-0.2, 0) is 6.54 Å². The number of carbonyl (C=O) groups excluding carboxylic acids is 1. The van der Waals surface area contributed by atoms with Crippen LogP contribution in [0.5, 0.6) is 5.75 Å². The van der Waals surface area contributed by atoms with Crippen LogP contribution < -0.4 is 0 Å². The molecule has 0 saturated carbocycles. The summed E-state index contributed by atoms with van der Waals surface area (Å²) in [6.45, 7) is 4.39. The van der Waals surface area contributed by atoms with E-state index in [1.54, 1.807) is 31.0 Å². The van der Waals surface area contributed by atoms with Crippen molar-refractivity contribution in [1.82, 2.24) is 4.90 Å². The van der Waals surface area contributed by atoms with Gasteiger partial charge in [-0.1, -0.05) is 30.3 Å². The Kier molecular flexibility index (Phi) is 4.08. The van der Waals surface area contributed by atoms with Crippen LogP contribution in [0.2, 0.25) is 0 Å². The summed E-state index contributed by atoms with van der Waals surface area (Å²) >= 11 is 0. The number of aryl methyl sites for hydroxylation is 2.